The van der Waals surface area contributed by atoms with Gasteiger partial charge in [0, 0.05) is 16.1 Å². The quantitative estimate of drug-likeness (QED) is 0.786. The molecule has 0 aromatic heterocycles. The summed E-state index contributed by atoms with van der Waals surface area (Å²) in [6.07, 6.45) is 0.232. The molecule has 2 rings (SSSR count). The first-order chi connectivity index (χ1) is 8.72. The number of carbonyl (C=O) groups excluding carboxylic acids is 1. The van der Waals surface area contributed by atoms with E-state index in [1.165, 1.54) is 0 Å². The van der Waals surface area contributed by atoms with Gasteiger partial charge in [-0.05, 0) is 29.8 Å². The molecule has 2 nitrogen and oxygen atoms in total. The Morgan fingerprint density at radius 3 is 2.44 bits per heavy atom. The Morgan fingerprint density at radius 1 is 1.11 bits per heavy atom. The van der Waals surface area contributed by atoms with Crippen molar-refractivity contribution in [3.8, 4) is 6.07 Å². The maximum Gasteiger partial charge on any atom is 0.193 e. The molecule has 0 fully saturated rings. The first kappa shape index (κ1) is 12.3. The molecule has 88 valence electrons. The van der Waals surface area contributed by atoms with Crippen LogP contribution in [0.5, 0.6) is 0 Å². The molecule has 0 saturated carbocycles. The summed E-state index contributed by atoms with van der Waals surface area (Å²) in [5.41, 5.74) is 1.89. The van der Waals surface area contributed by atoms with Crippen LogP contribution >= 0.6 is 11.6 Å². The van der Waals surface area contributed by atoms with Crippen LogP contribution in [0, 0.1) is 11.3 Å². The lowest BCUT2D eigenvalue weighted by Crippen LogP contribution is -2.04. The number of hydrogen-bond acceptors (Lipinski definition) is 2. The van der Waals surface area contributed by atoms with Gasteiger partial charge >= 0.3 is 0 Å². The number of rotatable bonds is 3. The summed E-state index contributed by atoms with van der Waals surface area (Å²) >= 11 is 5.79. The van der Waals surface area contributed by atoms with E-state index in [0.717, 1.165) is 5.56 Å². The van der Waals surface area contributed by atoms with Crippen LogP contribution in [0.15, 0.2) is 48.5 Å². The third-order valence-corrected chi connectivity index (χ3v) is 2.89. The minimum Gasteiger partial charge on any atom is -0.289 e. The molecule has 2 aromatic rings. The average molecular weight is 256 g/mol. The fourth-order valence-electron chi connectivity index (χ4n) is 1.74. The highest BCUT2D eigenvalue weighted by Crippen LogP contribution is 2.17. The van der Waals surface area contributed by atoms with E-state index in [1.807, 2.05) is 6.07 Å². The smallest absolute Gasteiger partial charge is 0.193 e. The molecule has 0 spiro atoms. The van der Waals surface area contributed by atoms with Crippen LogP contribution in [-0.4, -0.2) is 5.78 Å². The topological polar surface area (TPSA) is 40.9 Å². The van der Waals surface area contributed by atoms with Gasteiger partial charge in [-0.1, -0.05) is 35.9 Å². The van der Waals surface area contributed by atoms with E-state index < -0.39 is 0 Å². The second-order valence-corrected chi connectivity index (χ2v) is 4.26. The Balaban J connectivity index is 2.40. The molecule has 0 N–H and O–H groups in total. The van der Waals surface area contributed by atoms with Crippen molar-refractivity contribution in [3.63, 3.8) is 0 Å². The molecule has 0 bridgehead atoms. The standard InChI is InChI=1S/C15H10ClNO/c16-13-7-5-12(6-8-13)15(18)14-4-2-1-3-11(14)9-10-17/h1-8H,9H2. The van der Waals surface area contributed by atoms with Gasteiger partial charge < -0.3 is 0 Å². The van der Waals surface area contributed by atoms with E-state index in [2.05, 4.69) is 6.07 Å². The Hall–Kier alpha value is -2.11. The molecule has 18 heavy (non-hydrogen) atoms. The van der Waals surface area contributed by atoms with E-state index in [4.69, 9.17) is 16.9 Å². The lowest BCUT2D eigenvalue weighted by Gasteiger charge is -2.05. The molecule has 3 heteroatoms. The summed E-state index contributed by atoms with van der Waals surface area (Å²) in [4.78, 5) is 12.3. The fraction of sp³-hybridized carbons (Fsp3) is 0.0667. The largest absolute Gasteiger partial charge is 0.289 e. The highest BCUT2D eigenvalue weighted by molar-refractivity contribution is 6.30. The molecule has 0 heterocycles. The van der Waals surface area contributed by atoms with Gasteiger partial charge in [0.05, 0.1) is 12.5 Å². The number of nitrogens with zero attached hydrogens (tertiary/aromatic N) is 1. The van der Waals surface area contributed by atoms with Gasteiger partial charge in [-0.25, -0.2) is 0 Å². The van der Waals surface area contributed by atoms with Gasteiger partial charge in [-0.3, -0.25) is 4.79 Å². The zero-order chi connectivity index (χ0) is 13.0. The van der Waals surface area contributed by atoms with Gasteiger partial charge in [0.2, 0.25) is 0 Å². The summed E-state index contributed by atoms with van der Waals surface area (Å²) in [5, 5.41) is 9.35. The molecule has 0 radical (unpaired) electrons. The van der Waals surface area contributed by atoms with Gasteiger partial charge in [-0.2, -0.15) is 5.26 Å². The predicted octanol–water partition coefficient (Wildman–Crippen LogP) is 3.64. The third kappa shape index (κ3) is 2.58. The summed E-state index contributed by atoms with van der Waals surface area (Å²) in [6.45, 7) is 0. The van der Waals surface area contributed by atoms with Gasteiger partial charge in [0.15, 0.2) is 5.78 Å². The number of carbonyl (C=O) groups is 1. The minimum atomic E-state index is -0.0856. The number of ketones is 1. The summed E-state index contributed by atoms with van der Waals surface area (Å²) in [5.74, 6) is -0.0856. The highest BCUT2D eigenvalue weighted by Gasteiger charge is 2.12. The molecule has 0 aliphatic rings. The van der Waals surface area contributed by atoms with Crippen molar-refractivity contribution in [1.82, 2.24) is 0 Å². The maximum atomic E-state index is 12.3. The second kappa shape index (κ2) is 5.48. The van der Waals surface area contributed by atoms with Crippen LogP contribution in [0.4, 0.5) is 0 Å². The van der Waals surface area contributed by atoms with Gasteiger partial charge in [0.1, 0.15) is 0 Å². The number of benzene rings is 2. The Bertz CT molecular complexity index is 611. The van der Waals surface area contributed by atoms with E-state index in [9.17, 15) is 4.79 Å². The number of halogens is 1. The van der Waals surface area contributed by atoms with Crippen LogP contribution in [0.1, 0.15) is 21.5 Å². The molecule has 0 amide bonds. The van der Waals surface area contributed by atoms with Crippen molar-refractivity contribution in [1.29, 1.82) is 5.26 Å². The van der Waals surface area contributed by atoms with Crippen LogP contribution in [0.3, 0.4) is 0 Å². The first-order valence-electron chi connectivity index (χ1n) is 5.47. The number of nitriles is 1. The average Bonchev–Trinajstić information content (AvgIpc) is 2.40. The van der Waals surface area contributed by atoms with Gasteiger partial charge in [-0.15, -0.1) is 0 Å². The van der Waals surface area contributed by atoms with Crippen molar-refractivity contribution < 1.29 is 4.79 Å². The second-order valence-electron chi connectivity index (χ2n) is 3.83. The van der Waals surface area contributed by atoms with Crippen molar-refractivity contribution in [2.75, 3.05) is 0 Å². The highest BCUT2D eigenvalue weighted by atomic mass is 35.5. The summed E-state index contributed by atoms with van der Waals surface area (Å²) < 4.78 is 0. The lowest BCUT2D eigenvalue weighted by molar-refractivity contribution is 0.103. The van der Waals surface area contributed by atoms with Crippen molar-refractivity contribution in [2.45, 2.75) is 6.42 Å². The van der Waals surface area contributed by atoms with Crippen molar-refractivity contribution in [2.24, 2.45) is 0 Å². The van der Waals surface area contributed by atoms with E-state index in [0.29, 0.717) is 16.1 Å². The molecule has 0 aliphatic carbocycles. The van der Waals surface area contributed by atoms with E-state index in [1.54, 1.807) is 42.5 Å². The predicted molar refractivity (Wildman–Crippen MR) is 70.6 cm³/mol. The molecule has 0 unspecified atom stereocenters. The Labute approximate surface area is 110 Å². The zero-order valence-corrected chi connectivity index (χ0v) is 10.3. The molecule has 2 aromatic carbocycles. The SMILES string of the molecule is N#CCc1ccccc1C(=O)c1ccc(Cl)cc1. The van der Waals surface area contributed by atoms with Crippen LogP contribution in [0.25, 0.3) is 0 Å². The van der Waals surface area contributed by atoms with Crippen molar-refractivity contribution >= 4 is 17.4 Å². The van der Waals surface area contributed by atoms with Crippen molar-refractivity contribution in [3.05, 3.63) is 70.2 Å². The van der Waals surface area contributed by atoms with Gasteiger partial charge in [0.25, 0.3) is 0 Å². The Kier molecular flexibility index (Phi) is 3.76. The summed E-state index contributed by atoms with van der Waals surface area (Å²) in [6, 6.07) is 16.0. The first-order valence-corrected chi connectivity index (χ1v) is 5.85. The molecule has 0 saturated heterocycles. The fourth-order valence-corrected chi connectivity index (χ4v) is 1.86. The van der Waals surface area contributed by atoms with E-state index >= 15 is 0 Å². The molecular formula is C15H10ClNO. The monoisotopic (exact) mass is 255 g/mol. The number of hydrogen-bond donors (Lipinski definition) is 0. The van der Waals surface area contributed by atoms with E-state index in [-0.39, 0.29) is 12.2 Å². The normalized spacial score (nSPS) is 9.78. The van der Waals surface area contributed by atoms with Crippen LogP contribution < -0.4 is 0 Å². The van der Waals surface area contributed by atoms with Crippen LogP contribution in [0.2, 0.25) is 5.02 Å². The zero-order valence-electron chi connectivity index (χ0n) is 9.56. The third-order valence-electron chi connectivity index (χ3n) is 2.64. The Morgan fingerprint density at radius 2 is 1.78 bits per heavy atom. The van der Waals surface area contributed by atoms with Crippen LogP contribution in [-0.2, 0) is 6.42 Å². The molecular weight excluding hydrogens is 246 g/mol. The molecule has 0 aliphatic heterocycles. The summed E-state index contributed by atoms with van der Waals surface area (Å²) in [7, 11) is 0. The maximum absolute atomic E-state index is 12.3. The molecule has 0 atom stereocenters. The minimum absolute atomic E-state index is 0.0856. The lowest BCUT2D eigenvalue weighted by atomic mass is 9.97.